The Hall–Kier alpha value is -3.55. The molecule has 3 rings (SSSR count). The van der Waals surface area contributed by atoms with Crippen LogP contribution in [-0.2, 0) is 15.1 Å². The molecule has 0 radical (unpaired) electrons. The van der Waals surface area contributed by atoms with Crippen LogP contribution in [0, 0.1) is 0 Å². The fourth-order valence-corrected chi connectivity index (χ4v) is 2.69. The average molecular weight is 369 g/mol. The first-order valence-corrected chi connectivity index (χ1v) is 8.22. The molecule has 0 aliphatic carbocycles. The molecule has 1 atom stereocenters. The number of nitrogens with one attached hydrogen (secondary N) is 2. The second-order valence-electron chi connectivity index (χ2n) is 6.06. The number of ether oxygens (including phenoxy) is 2. The maximum Gasteiger partial charge on any atom is 0.344 e. The number of nitrogens with zero attached hydrogens (tertiary/aromatic N) is 1. The summed E-state index contributed by atoms with van der Waals surface area (Å²) in [6, 6.07) is 14.8. The van der Waals surface area contributed by atoms with Crippen LogP contribution >= 0.6 is 0 Å². The van der Waals surface area contributed by atoms with Gasteiger partial charge in [-0.2, -0.15) is 5.01 Å². The van der Waals surface area contributed by atoms with E-state index in [1.54, 1.807) is 62.6 Å². The van der Waals surface area contributed by atoms with Gasteiger partial charge in [-0.05, 0) is 36.8 Å². The number of hydrogen-bond donors (Lipinski definition) is 2. The molecule has 1 aliphatic rings. The molecule has 8 nitrogen and oxygen atoms in total. The lowest BCUT2D eigenvalue weighted by Crippen LogP contribution is -2.49. The van der Waals surface area contributed by atoms with Crippen molar-refractivity contribution in [2.75, 3.05) is 13.7 Å². The minimum Gasteiger partial charge on any atom is -0.497 e. The van der Waals surface area contributed by atoms with Crippen LogP contribution in [0.25, 0.3) is 0 Å². The summed E-state index contributed by atoms with van der Waals surface area (Å²) in [4.78, 5) is 37.0. The Morgan fingerprint density at radius 3 is 2.33 bits per heavy atom. The number of benzene rings is 2. The minimum absolute atomic E-state index is 0.356. The van der Waals surface area contributed by atoms with Crippen molar-refractivity contribution < 1.29 is 23.9 Å². The molecule has 1 unspecified atom stereocenters. The van der Waals surface area contributed by atoms with E-state index in [4.69, 9.17) is 9.47 Å². The molecule has 1 saturated heterocycles. The van der Waals surface area contributed by atoms with Gasteiger partial charge in [-0.15, -0.1) is 0 Å². The molecular formula is C19H19N3O5. The van der Waals surface area contributed by atoms with Crippen LogP contribution in [0.3, 0.4) is 0 Å². The Morgan fingerprint density at radius 1 is 1.07 bits per heavy atom. The predicted molar refractivity (Wildman–Crippen MR) is 95.8 cm³/mol. The highest BCUT2D eigenvalue weighted by Gasteiger charge is 2.49. The maximum absolute atomic E-state index is 12.7. The van der Waals surface area contributed by atoms with Gasteiger partial charge in [0.15, 0.2) is 6.61 Å². The summed E-state index contributed by atoms with van der Waals surface area (Å²) >= 11 is 0. The third-order valence-corrected chi connectivity index (χ3v) is 4.21. The third-order valence-electron chi connectivity index (χ3n) is 4.21. The third kappa shape index (κ3) is 3.69. The van der Waals surface area contributed by atoms with Gasteiger partial charge in [0.05, 0.1) is 7.11 Å². The van der Waals surface area contributed by atoms with Crippen LogP contribution in [0.2, 0.25) is 0 Å². The molecule has 0 saturated carbocycles. The normalized spacial score (nSPS) is 18.8. The van der Waals surface area contributed by atoms with E-state index in [1.165, 1.54) is 0 Å². The quantitative estimate of drug-likeness (QED) is 0.754. The Kier molecular flexibility index (Phi) is 4.98. The largest absolute Gasteiger partial charge is 0.497 e. The number of urea groups is 1. The van der Waals surface area contributed by atoms with Crippen molar-refractivity contribution >= 4 is 17.8 Å². The van der Waals surface area contributed by atoms with Crippen molar-refractivity contribution in [2.45, 2.75) is 12.5 Å². The summed E-state index contributed by atoms with van der Waals surface area (Å²) in [5, 5.41) is 3.28. The van der Waals surface area contributed by atoms with E-state index in [0.29, 0.717) is 22.1 Å². The predicted octanol–water partition coefficient (Wildman–Crippen LogP) is 1.57. The topological polar surface area (TPSA) is 97.0 Å². The zero-order valence-electron chi connectivity index (χ0n) is 14.9. The Labute approximate surface area is 156 Å². The highest BCUT2D eigenvalue weighted by molar-refractivity contribution is 6.08. The monoisotopic (exact) mass is 369 g/mol. The van der Waals surface area contributed by atoms with E-state index in [9.17, 15) is 14.4 Å². The maximum atomic E-state index is 12.7. The smallest absolute Gasteiger partial charge is 0.344 e. The summed E-state index contributed by atoms with van der Waals surface area (Å²) in [5.74, 6) is -0.0910. The molecular weight excluding hydrogens is 350 g/mol. The van der Waals surface area contributed by atoms with Crippen LogP contribution in [0.1, 0.15) is 12.5 Å². The fraction of sp³-hybridized carbons (Fsp3) is 0.211. The highest BCUT2D eigenvalue weighted by atomic mass is 16.5. The Balaban J connectivity index is 1.62. The Bertz CT molecular complexity index is 853. The van der Waals surface area contributed by atoms with Crippen molar-refractivity contribution in [3.8, 4) is 11.5 Å². The minimum atomic E-state index is -1.25. The zero-order chi connectivity index (χ0) is 19.4. The summed E-state index contributed by atoms with van der Waals surface area (Å²) in [5.41, 5.74) is 1.65. The SMILES string of the molecule is COc1ccc(OCC(=O)NN2C(=O)NC(C)(c3ccccc3)C2=O)cc1. The number of carbonyl (C=O) groups excluding carboxylic acids is 3. The van der Waals surface area contributed by atoms with Gasteiger partial charge in [0, 0.05) is 0 Å². The molecule has 2 aromatic carbocycles. The van der Waals surface area contributed by atoms with E-state index in [2.05, 4.69) is 10.7 Å². The first-order valence-electron chi connectivity index (χ1n) is 8.22. The molecule has 1 aliphatic heterocycles. The molecule has 1 heterocycles. The van der Waals surface area contributed by atoms with Crippen LogP contribution in [-0.4, -0.2) is 36.6 Å². The van der Waals surface area contributed by atoms with E-state index >= 15 is 0 Å². The lowest BCUT2D eigenvalue weighted by atomic mass is 9.92. The number of carbonyl (C=O) groups is 3. The second-order valence-corrected chi connectivity index (χ2v) is 6.06. The van der Waals surface area contributed by atoms with Crippen LogP contribution in [0.5, 0.6) is 11.5 Å². The van der Waals surface area contributed by atoms with Gasteiger partial charge in [0.2, 0.25) is 0 Å². The highest BCUT2D eigenvalue weighted by Crippen LogP contribution is 2.27. The standard InChI is InChI=1S/C19H19N3O5/c1-19(13-6-4-3-5-7-13)17(24)22(18(25)20-19)21-16(23)12-27-15-10-8-14(26-2)9-11-15/h3-11H,12H2,1-2H3,(H,20,25)(H,21,23). The molecule has 0 spiro atoms. The number of hydrazine groups is 1. The number of rotatable bonds is 6. The first-order chi connectivity index (χ1) is 12.9. The van der Waals surface area contributed by atoms with Crippen molar-refractivity contribution in [2.24, 2.45) is 0 Å². The summed E-state index contributed by atoms with van der Waals surface area (Å²) in [6.45, 7) is 1.23. The van der Waals surface area contributed by atoms with Crippen molar-refractivity contribution in [1.29, 1.82) is 0 Å². The lowest BCUT2D eigenvalue weighted by molar-refractivity contribution is -0.139. The van der Waals surface area contributed by atoms with E-state index in [1.807, 2.05) is 6.07 Å². The molecule has 0 aromatic heterocycles. The molecule has 27 heavy (non-hydrogen) atoms. The molecule has 8 heteroatoms. The molecule has 0 bridgehead atoms. The second kappa shape index (κ2) is 7.36. The van der Waals surface area contributed by atoms with Crippen LogP contribution < -0.4 is 20.2 Å². The number of imide groups is 1. The molecule has 1 fully saturated rings. The molecule has 4 amide bonds. The van der Waals surface area contributed by atoms with Gasteiger partial charge in [0.25, 0.3) is 11.8 Å². The summed E-state index contributed by atoms with van der Waals surface area (Å²) < 4.78 is 10.4. The van der Waals surface area contributed by atoms with E-state index in [-0.39, 0.29) is 6.61 Å². The zero-order valence-corrected chi connectivity index (χ0v) is 14.9. The van der Waals surface area contributed by atoms with Gasteiger partial charge >= 0.3 is 6.03 Å². The molecule has 140 valence electrons. The van der Waals surface area contributed by atoms with Gasteiger partial charge in [-0.3, -0.25) is 15.0 Å². The van der Waals surface area contributed by atoms with Gasteiger partial charge < -0.3 is 14.8 Å². The van der Waals surface area contributed by atoms with Crippen molar-refractivity contribution in [3.05, 3.63) is 60.2 Å². The van der Waals surface area contributed by atoms with E-state index in [0.717, 1.165) is 0 Å². The summed E-state index contributed by atoms with van der Waals surface area (Å²) in [6.07, 6.45) is 0. The average Bonchev–Trinajstić information content (AvgIpc) is 2.91. The Morgan fingerprint density at radius 2 is 1.70 bits per heavy atom. The van der Waals surface area contributed by atoms with Gasteiger partial charge in [-0.1, -0.05) is 30.3 Å². The van der Waals surface area contributed by atoms with Crippen molar-refractivity contribution in [3.63, 3.8) is 0 Å². The summed E-state index contributed by atoms with van der Waals surface area (Å²) in [7, 11) is 1.55. The lowest BCUT2D eigenvalue weighted by Gasteiger charge is -2.22. The number of methoxy groups -OCH3 is 1. The molecule has 2 N–H and O–H groups in total. The van der Waals surface area contributed by atoms with Gasteiger partial charge in [-0.25, -0.2) is 4.79 Å². The fourth-order valence-electron chi connectivity index (χ4n) is 2.69. The molecule has 2 aromatic rings. The van der Waals surface area contributed by atoms with E-state index < -0.39 is 23.4 Å². The van der Waals surface area contributed by atoms with Crippen LogP contribution in [0.15, 0.2) is 54.6 Å². The number of amides is 4. The van der Waals surface area contributed by atoms with Gasteiger partial charge in [0.1, 0.15) is 17.0 Å². The van der Waals surface area contributed by atoms with Crippen LogP contribution in [0.4, 0.5) is 4.79 Å². The first kappa shape index (κ1) is 18.2. The van der Waals surface area contributed by atoms with Crippen molar-refractivity contribution in [1.82, 2.24) is 15.8 Å². The number of hydrogen-bond acceptors (Lipinski definition) is 5.